The molecule has 0 bridgehead atoms. The molecule has 0 aliphatic heterocycles. The van der Waals surface area contributed by atoms with Crippen LogP contribution in [-0.2, 0) is 6.42 Å². The molecule has 0 heterocycles. The average molecular weight is 224 g/mol. The van der Waals surface area contributed by atoms with Gasteiger partial charge in [-0.25, -0.2) is 0 Å². The van der Waals surface area contributed by atoms with Crippen LogP contribution in [0.25, 0.3) is 0 Å². The standard InChI is InChI=1S/C11H16N2O3/c1-3-12-5-4-9-6-10(13(14)15)8-11(7-9)16-2/h6-8,12H,3-5H2,1-2H3. The van der Waals surface area contributed by atoms with E-state index in [1.165, 1.54) is 13.2 Å². The third-order valence-corrected chi connectivity index (χ3v) is 2.24. The molecular formula is C11H16N2O3. The number of nitrogens with one attached hydrogen (secondary N) is 1. The van der Waals surface area contributed by atoms with Gasteiger partial charge in [0.25, 0.3) is 5.69 Å². The van der Waals surface area contributed by atoms with Gasteiger partial charge in [0.15, 0.2) is 0 Å². The van der Waals surface area contributed by atoms with Gasteiger partial charge in [-0.1, -0.05) is 6.92 Å². The lowest BCUT2D eigenvalue weighted by atomic mass is 10.1. The third-order valence-electron chi connectivity index (χ3n) is 2.24. The Hall–Kier alpha value is -1.62. The van der Waals surface area contributed by atoms with Crippen LogP contribution >= 0.6 is 0 Å². The fraction of sp³-hybridized carbons (Fsp3) is 0.455. The van der Waals surface area contributed by atoms with Crippen molar-refractivity contribution in [3.63, 3.8) is 0 Å². The minimum absolute atomic E-state index is 0.0749. The smallest absolute Gasteiger partial charge is 0.273 e. The number of rotatable bonds is 6. The molecule has 0 saturated carbocycles. The predicted octanol–water partition coefficient (Wildman–Crippen LogP) is 1.76. The zero-order valence-electron chi connectivity index (χ0n) is 9.53. The maximum Gasteiger partial charge on any atom is 0.273 e. The summed E-state index contributed by atoms with van der Waals surface area (Å²) in [4.78, 5) is 10.3. The molecular weight excluding hydrogens is 208 g/mol. The van der Waals surface area contributed by atoms with Gasteiger partial charge in [0.05, 0.1) is 18.1 Å². The average Bonchev–Trinajstić information content (AvgIpc) is 2.29. The lowest BCUT2D eigenvalue weighted by Crippen LogP contribution is -2.16. The highest BCUT2D eigenvalue weighted by Gasteiger charge is 2.09. The summed E-state index contributed by atoms with van der Waals surface area (Å²) in [5.74, 6) is 0.528. The van der Waals surface area contributed by atoms with E-state index in [4.69, 9.17) is 4.74 Å². The molecule has 0 spiro atoms. The second kappa shape index (κ2) is 6.07. The maximum atomic E-state index is 10.7. The molecule has 88 valence electrons. The Balaban J connectivity index is 2.82. The lowest BCUT2D eigenvalue weighted by Gasteiger charge is -2.05. The van der Waals surface area contributed by atoms with Crippen molar-refractivity contribution in [2.75, 3.05) is 20.2 Å². The van der Waals surface area contributed by atoms with Crippen molar-refractivity contribution in [2.24, 2.45) is 0 Å². The van der Waals surface area contributed by atoms with Crippen molar-refractivity contribution in [2.45, 2.75) is 13.3 Å². The molecule has 1 N–H and O–H groups in total. The second-order valence-electron chi connectivity index (χ2n) is 3.40. The molecule has 0 atom stereocenters. The number of likely N-dealkylation sites (N-methyl/N-ethyl adjacent to an activating group) is 1. The Morgan fingerprint density at radius 1 is 1.44 bits per heavy atom. The highest BCUT2D eigenvalue weighted by atomic mass is 16.6. The van der Waals surface area contributed by atoms with E-state index in [1.54, 1.807) is 6.07 Å². The molecule has 1 rings (SSSR count). The van der Waals surface area contributed by atoms with Crippen molar-refractivity contribution in [1.29, 1.82) is 0 Å². The Morgan fingerprint density at radius 3 is 2.75 bits per heavy atom. The van der Waals surface area contributed by atoms with Gasteiger partial charge in [-0.15, -0.1) is 0 Å². The highest BCUT2D eigenvalue weighted by molar-refractivity contribution is 5.42. The number of methoxy groups -OCH3 is 1. The van der Waals surface area contributed by atoms with E-state index in [9.17, 15) is 10.1 Å². The van der Waals surface area contributed by atoms with Crippen molar-refractivity contribution in [3.8, 4) is 5.75 Å². The summed E-state index contributed by atoms with van der Waals surface area (Å²) in [6.07, 6.45) is 0.756. The van der Waals surface area contributed by atoms with Crippen LogP contribution in [0.2, 0.25) is 0 Å². The molecule has 0 aromatic heterocycles. The topological polar surface area (TPSA) is 64.4 Å². The maximum absolute atomic E-state index is 10.7. The number of nitro benzene ring substituents is 1. The van der Waals surface area contributed by atoms with Crippen LogP contribution in [0.1, 0.15) is 12.5 Å². The van der Waals surface area contributed by atoms with Crippen LogP contribution in [0.15, 0.2) is 18.2 Å². The number of hydrogen-bond acceptors (Lipinski definition) is 4. The molecule has 0 saturated heterocycles. The quantitative estimate of drug-likeness (QED) is 0.454. The largest absolute Gasteiger partial charge is 0.496 e. The van der Waals surface area contributed by atoms with E-state index >= 15 is 0 Å². The molecule has 0 aliphatic carbocycles. The zero-order valence-corrected chi connectivity index (χ0v) is 9.53. The first kappa shape index (κ1) is 12.4. The summed E-state index contributed by atoms with van der Waals surface area (Å²) in [6.45, 7) is 3.72. The predicted molar refractivity (Wildman–Crippen MR) is 61.9 cm³/mol. The van der Waals surface area contributed by atoms with Gasteiger partial charge in [0.2, 0.25) is 0 Å². The van der Waals surface area contributed by atoms with Crippen LogP contribution in [0, 0.1) is 10.1 Å². The van der Waals surface area contributed by atoms with Crippen molar-refractivity contribution in [3.05, 3.63) is 33.9 Å². The molecule has 16 heavy (non-hydrogen) atoms. The number of ether oxygens (including phenoxy) is 1. The van der Waals surface area contributed by atoms with Gasteiger partial charge in [-0.2, -0.15) is 0 Å². The molecule has 0 unspecified atom stereocenters. The first-order chi connectivity index (χ1) is 7.67. The van der Waals surface area contributed by atoms with E-state index in [0.29, 0.717) is 5.75 Å². The fourth-order valence-electron chi connectivity index (χ4n) is 1.42. The van der Waals surface area contributed by atoms with E-state index in [0.717, 1.165) is 25.1 Å². The summed E-state index contributed by atoms with van der Waals surface area (Å²) in [7, 11) is 1.51. The summed E-state index contributed by atoms with van der Waals surface area (Å²) in [6, 6.07) is 4.83. The Morgan fingerprint density at radius 2 is 2.19 bits per heavy atom. The summed E-state index contributed by atoms with van der Waals surface area (Å²) >= 11 is 0. The summed E-state index contributed by atoms with van der Waals surface area (Å²) < 4.78 is 5.03. The Labute approximate surface area is 94.6 Å². The fourth-order valence-corrected chi connectivity index (χ4v) is 1.42. The first-order valence-corrected chi connectivity index (χ1v) is 5.20. The van der Waals surface area contributed by atoms with Crippen LogP contribution in [0.4, 0.5) is 5.69 Å². The van der Waals surface area contributed by atoms with Crippen LogP contribution in [0.3, 0.4) is 0 Å². The summed E-state index contributed by atoms with van der Waals surface area (Å²) in [5.41, 5.74) is 0.984. The van der Waals surface area contributed by atoms with E-state index in [-0.39, 0.29) is 5.69 Å². The van der Waals surface area contributed by atoms with Crippen LogP contribution in [0.5, 0.6) is 5.75 Å². The number of benzene rings is 1. The molecule has 0 amide bonds. The summed E-state index contributed by atoms with van der Waals surface area (Å²) in [5, 5.41) is 13.9. The van der Waals surface area contributed by atoms with Gasteiger partial charge in [0.1, 0.15) is 5.75 Å². The second-order valence-corrected chi connectivity index (χ2v) is 3.40. The van der Waals surface area contributed by atoms with Gasteiger partial charge >= 0.3 is 0 Å². The number of nitro groups is 1. The minimum atomic E-state index is -0.404. The van der Waals surface area contributed by atoms with E-state index < -0.39 is 4.92 Å². The van der Waals surface area contributed by atoms with Crippen molar-refractivity contribution < 1.29 is 9.66 Å². The molecule has 0 fully saturated rings. The SMILES string of the molecule is CCNCCc1cc(OC)cc([N+](=O)[O-])c1. The van der Waals surface area contributed by atoms with Gasteiger partial charge in [-0.3, -0.25) is 10.1 Å². The number of hydrogen-bond donors (Lipinski definition) is 1. The van der Waals surface area contributed by atoms with Gasteiger partial charge in [-0.05, 0) is 31.1 Å². The van der Waals surface area contributed by atoms with E-state index in [2.05, 4.69) is 5.32 Å². The van der Waals surface area contributed by atoms with E-state index in [1.807, 2.05) is 13.0 Å². The lowest BCUT2D eigenvalue weighted by molar-refractivity contribution is -0.385. The molecule has 0 radical (unpaired) electrons. The van der Waals surface area contributed by atoms with Crippen LogP contribution in [-0.4, -0.2) is 25.1 Å². The Kier molecular flexibility index (Phi) is 4.72. The first-order valence-electron chi connectivity index (χ1n) is 5.20. The Bertz CT molecular complexity index is 366. The molecule has 1 aromatic carbocycles. The van der Waals surface area contributed by atoms with Crippen molar-refractivity contribution in [1.82, 2.24) is 5.32 Å². The molecule has 0 aliphatic rings. The third kappa shape index (κ3) is 3.51. The minimum Gasteiger partial charge on any atom is -0.496 e. The highest BCUT2D eigenvalue weighted by Crippen LogP contribution is 2.22. The van der Waals surface area contributed by atoms with Crippen molar-refractivity contribution >= 4 is 5.69 Å². The number of non-ortho nitro benzene ring substituents is 1. The molecule has 1 aromatic rings. The molecule has 5 heteroatoms. The molecule has 5 nitrogen and oxygen atoms in total. The normalized spacial score (nSPS) is 10.1. The monoisotopic (exact) mass is 224 g/mol. The van der Waals surface area contributed by atoms with Gasteiger partial charge in [0, 0.05) is 6.07 Å². The van der Waals surface area contributed by atoms with Crippen LogP contribution < -0.4 is 10.1 Å². The number of nitrogens with zero attached hydrogens (tertiary/aromatic N) is 1. The zero-order chi connectivity index (χ0) is 12.0. The van der Waals surface area contributed by atoms with Gasteiger partial charge < -0.3 is 10.1 Å².